The summed E-state index contributed by atoms with van der Waals surface area (Å²) in [4.78, 5) is 0. The molecule has 0 bridgehead atoms. The first-order valence-corrected chi connectivity index (χ1v) is 5.77. The molecule has 2 radical (unpaired) electrons. The zero-order chi connectivity index (χ0) is 15.0. The lowest BCUT2D eigenvalue weighted by Gasteiger charge is -2.09. The zero-order valence-corrected chi connectivity index (χ0v) is 11.3. The van der Waals surface area contributed by atoms with Crippen LogP contribution in [0.3, 0.4) is 0 Å². The van der Waals surface area contributed by atoms with E-state index >= 15 is 0 Å². The Balaban J connectivity index is 5.18. The topological polar surface area (TPSA) is 12.0 Å². The summed E-state index contributed by atoms with van der Waals surface area (Å²) in [7, 11) is 5.25. The van der Waals surface area contributed by atoms with Gasteiger partial charge in [-0.1, -0.05) is 51.2 Å². The zero-order valence-electron chi connectivity index (χ0n) is 11.3. The van der Waals surface area contributed by atoms with Crippen molar-refractivity contribution in [2.24, 2.45) is 5.92 Å². The van der Waals surface area contributed by atoms with E-state index in [-0.39, 0.29) is 11.2 Å². The molecule has 0 amide bonds. The Bertz CT molecular complexity index is 457. The van der Waals surface area contributed by atoms with Gasteiger partial charge in [-0.05, 0) is 18.1 Å². The number of hydrogen-bond donors (Lipinski definition) is 1. The van der Waals surface area contributed by atoms with Gasteiger partial charge < -0.3 is 5.32 Å². The second-order valence-corrected chi connectivity index (χ2v) is 4.16. The van der Waals surface area contributed by atoms with Gasteiger partial charge in [-0.15, -0.1) is 0 Å². The van der Waals surface area contributed by atoms with Gasteiger partial charge >= 0.3 is 0 Å². The maximum absolute atomic E-state index is 13.8. The van der Waals surface area contributed by atoms with Gasteiger partial charge in [-0.25, -0.2) is 8.78 Å². The van der Waals surface area contributed by atoms with Gasteiger partial charge in [0, 0.05) is 5.70 Å². The van der Waals surface area contributed by atoms with Gasteiger partial charge in [-0.2, -0.15) is 0 Å². The molecule has 0 aromatic rings. The molecule has 0 atom stereocenters. The van der Waals surface area contributed by atoms with Crippen LogP contribution < -0.4 is 5.32 Å². The van der Waals surface area contributed by atoms with Crippen LogP contribution in [0.15, 0.2) is 72.6 Å². The van der Waals surface area contributed by atoms with E-state index < -0.39 is 11.7 Å². The molecule has 1 nitrogen and oxygen atoms in total. The summed E-state index contributed by atoms with van der Waals surface area (Å²) in [6, 6.07) is 0. The molecule has 0 aromatic heterocycles. The van der Waals surface area contributed by atoms with Crippen LogP contribution in [0.25, 0.3) is 0 Å². The maximum atomic E-state index is 13.8. The first-order valence-electron chi connectivity index (χ1n) is 5.77. The number of nitrogens with one attached hydrogen (secondary N) is 1. The Morgan fingerprint density at radius 3 is 2.16 bits per heavy atom. The van der Waals surface area contributed by atoms with Crippen molar-refractivity contribution in [2.45, 2.75) is 13.8 Å². The van der Waals surface area contributed by atoms with Crippen LogP contribution in [-0.2, 0) is 0 Å². The summed E-state index contributed by atoms with van der Waals surface area (Å²) in [5.41, 5.74) is -0.0913. The molecule has 0 aliphatic heterocycles. The first-order chi connectivity index (χ1) is 8.83. The fraction of sp³-hybridized carbons (Fsp3) is 0.200. The average Bonchev–Trinajstić information content (AvgIpc) is 2.39. The van der Waals surface area contributed by atoms with Crippen LogP contribution in [0.2, 0.25) is 0 Å². The number of hydrogen-bond acceptors (Lipinski definition) is 1. The quantitative estimate of drug-likeness (QED) is 0.534. The Labute approximate surface area is 115 Å². The standard InChI is InChI=1S/C15H18BF2N/c1-6-12(16)14(17)15(18)13(7-2)19-11(5)9-8-10(3)4/h6-10,19H,1-2,5H2,3-4H3/b9-8+,14-12-,15-13-. The molecule has 0 aromatic carbocycles. The molecule has 0 aliphatic carbocycles. The fourth-order valence-corrected chi connectivity index (χ4v) is 1.05. The van der Waals surface area contributed by atoms with Crippen molar-refractivity contribution >= 4 is 7.85 Å². The van der Waals surface area contributed by atoms with E-state index in [0.29, 0.717) is 11.6 Å². The third kappa shape index (κ3) is 6.04. The summed E-state index contributed by atoms with van der Waals surface area (Å²) in [5, 5.41) is 2.62. The Morgan fingerprint density at radius 2 is 1.74 bits per heavy atom. The van der Waals surface area contributed by atoms with E-state index in [1.165, 1.54) is 0 Å². The molecule has 0 rings (SSSR count). The van der Waals surface area contributed by atoms with Crippen LogP contribution in [0.5, 0.6) is 0 Å². The van der Waals surface area contributed by atoms with Gasteiger partial charge in [0.15, 0.2) is 11.7 Å². The monoisotopic (exact) mass is 261 g/mol. The van der Waals surface area contributed by atoms with Gasteiger partial charge in [0.2, 0.25) is 0 Å². The minimum Gasteiger partial charge on any atom is -0.354 e. The van der Waals surface area contributed by atoms with E-state index in [1.54, 1.807) is 6.08 Å². The molecular weight excluding hydrogens is 243 g/mol. The van der Waals surface area contributed by atoms with Crippen LogP contribution >= 0.6 is 0 Å². The highest BCUT2D eigenvalue weighted by atomic mass is 19.2. The van der Waals surface area contributed by atoms with Crippen molar-refractivity contribution in [3.8, 4) is 0 Å². The minimum absolute atomic E-state index is 0.138. The van der Waals surface area contributed by atoms with Crippen molar-refractivity contribution < 1.29 is 8.78 Å². The molecule has 0 aliphatic rings. The lowest BCUT2D eigenvalue weighted by atomic mass is 9.94. The molecule has 0 saturated carbocycles. The van der Waals surface area contributed by atoms with Gasteiger partial charge in [0.1, 0.15) is 7.85 Å². The smallest absolute Gasteiger partial charge is 0.181 e. The van der Waals surface area contributed by atoms with Crippen LogP contribution in [0.4, 0.5) is 8.78 Å². The molecule has 19 heavy (non-hydrogen) atoms. The van der Waals surface area contributed by atoms with Crippen molar-refractivity contribution in [2.75, 3.05) is 0 Å². The summed E-state index contributed by atoms with van der Waals surface area (Å²) in [6.07, 6.45) is 5.74. The molecule has 0 heterocycles. The Morgan fingerprint density at radius 1 is 1.16 bits per heavy atom. The van der Waals surface area contributed by atoms with Gasteiger partial charge in [0.25, 0.3) is 0 Å². The van der Waals surface area contributed by atoms with Gasteiger partial charge in [-0.3, -0.25) is 0 Å². The number of allylic oxidation sites excluding steroid dienone is 7. The predicted molar refractivity (Wildman–Crippen MR) is 78.7 cm³/mol. The normalized spacial score (nSPS) is 13.9. The summed E-state index contributed by atoms with van der Waals surface area (Å²) >= 11 is 0. The molecule has 0 fully saturated rings. The number of halogens is 2. The van der Waals surface area contributed by atoms with Crippen molar-refractivity contribution in [1.29, 1.82) is 0 Å². The van der Waals surface area contributed by atoms with Crippen molar-refractivity contribution in [3.05, 3.63) is 72.6 Å². The molecule has 0 saturated heterocycles. The molecule has 4 heteroatoms. The summed E-state index contributed by atoms with van der Waals surface area (Å²) in [5.74, 6) is -1.99. The SMILES string of the molecule is [B]/C(C=C)=C(F)/C(F)=C(\C=C)NC(=C)/C=C/C(C)C. The highest BCUT2D eigenvalue weighted by molar-refractivity contribution is 6.23. The van der Waals surface area contributed by atoms with Crippen molar-refractivity contribution in [1.82, 2.24) is 5.32 Å². The van der Waals surface area contributed by atoms with E-state index in [1.807, 2.05) is 19.9 Å². The van der Waals surface area contributed by atoms with E-state index in [0.717, 1.165) is 12.2 Å². The molecule has 100 valence electrons. The maximum Gasteiger partial charge on any atom is 0.181 e. The third-order valence-corrected chi connectivity index (χ3v) is 2.08. The third-order valence-electron chi connectivity index (χ3n) is 2.08. The lowest BCUT2D eigenvalue weighted by Crippen LogP contribution is -2.11. The van der Waals surface area contributed by atoms with E-state index in [2.05, 4.69) is 25.1 Å². The van der Waals surface area contributed by atoms with Crippen LogP contribution in [0.1, 0.15) is 13.8 Å². The Kier molecular flexibility index (Phi) is 7.50. The highest BCUT2D eigenvalue weighted by Gasteiger charge is 2.11. The average molecular weight is 261 g/mol. The summed E-state index contributed by atoms with van der Waals surface area (Å²) in [6.45, 7) is 14.3. The Hall–Kier alpha value is -1.84. The van der Waals surface area contributed by atoms with Crippen LogP contribution in [-0.4, -0.2) is 7.85 Å². The molecular formula is C15H18BF2N. The second kappa shape index (κ2) is 8.30. The summed E-state index contributed by atoms with van der Waals surface area (Å²) < 4.78 is 27.3. The fourth-order valence-electron chi connectivity index (χ4n) is 1.05. The lowest BCUT2D eigenvalue weighted by molar-refractivity contribution is 0.533. The largest absolute Gasteiger partial charge is 0.354 e. The highest BCUT2D eigenvalue weighted by Crippen LogP contribution is 2.20. The van der Waals surface area contributed by atoms with Crippen LogP contribution in [0, 0.1) is 5.92 Å². The van der Waals surface area contributed by atoms with E-state index in [9.17, 15) is 8.78 Å². The first kappa shape index (κ1) is 17.2. The molecule has 1 N–H and O–H groups in total. The van der Waals surface area contributed by atoms with Gasteiger partial charge in [0.05, 0.1) is 5.70 Å². The van der Waals surface area contributed by atoms with E-state index in [4.69, 9.17) is 7.85 Å². The predicted octanol–water partition coefficient (Wildman–Crippen LogP) is 4.20. The minimum atomic E-state index is -1.18. The second-order valence-electron chi connectivity index (χ2n) is 4.16. The van der Waals surface area contributed by atoms with Crippen molar-refractivity contribution in [3.63, 3.8) is 0 Å². The molecule has 0 spiro atoms. The molecule has 0 unspecified atom stereocenters. The number of rotatable bonds is 7.